The Morgan fingerprint density at radius 3 is 2.70 bits per heavy atom. The third-order valence-electron chi connectivity index (χ3n) is 6.95. The van der Waals surface area contributed by atoms with E-state index in [4.69, 9.17) is 4.98 Å². The third kappa shape index (κ3) is 3.38. The fourth-order valence-corrected chi connectivity index (χ4v) is 6.34. The summed E-state index contributed by atoms with van der Waals surface area (Å²) in [6.07, 6.45) is 2.14. The van der Waals surface area contributed by atoms with E-state index in [1.54, 1.807) is 11.3 Å². The van der Waals surface area contributed by atoms with Crippen molar-refractivity contribution in [1.82, 2.24) is 10.3 Å². The Hall–Kier alpha value is -1.18. The molecular weight excluding hydrogens is 362 g/mol. The van der Waals surface area contributed by atoms with E-state index in [1.807, 2.05) is 27.8 Å². The Morgan fingerprint density at radius 1 is 1.41 bits per heavy atom. The van der Waals surface area contributed by atoms with E-state index >= 15 is 0 Å². The lowest BCUT2D eigenvalue weighted by Crippen LogP contribution is -2.57. The number of amides is 1. The average molecular weight is 396 g/mol. The zero-order valence-corrected chi connectivity index (χ0v) is 17.8. The number of aromatic nitrogens is 1. The van der Waals surface area contributed by atoms with Crippen LogP contribution in [0.5, 0.6) is 0 Å². The highest BCUT2D eigenvalue weighted by molar-refractivity contribution is 7.15. The predicted octanol–water partition coefficient (Wildman–Crippen LogP) is 2.52. The molecule has 1 heterocycles. The topological polar surface area (TPSA) is 94.5 Å². The molecule has 152 valence electrons. The van der Waals surface area contributed by atoms with E-state index in [0.29, 0.717) is 12.8 Å². The minimum atomic E-state index is -0.568. The molecule has 2 aliphatic carbocycles. The minimum Gasteiger partial charge on any atom is -0.396 e. The molecule has 0 aliphatic heterocycles. The predicted molar refractivity (Wildman–Crippen MR) is 108 cm³/mol. The van der Waals surface area contributed by atoms with Gasteiger partial charge in [-0.25, -0.2) is 4.98 Å². The number of nitrogens with one attached hydrogen (secondary N) is 2. The van der Waals surface area contributed by atoms with Gasteiger partial charge < -0.3 is 20.8 Å². The van der Waals surface area contributed by atoms with E-state index < -0.39 is 11.5 Å². The Kier molecular flexibility index (Phi) is 5.58. The summed E-state index contributed by atoms with van der Waals surface area (Å²) >= 11 is 1.63. The summed E-state index contributed by atoms with van der Waals surface area (Å²) < 4.78 is 0. The minimum absolute atomic E-state index is 0.0123. The SMILES string of the molecule is CNc1nc2c(s1)CC1C(C)(CO)C(O)CCC1(C)C2CC(=O)NC(C)C. The van der Waals surface area contributed by atoms with Crippen LogP contribution in [0.3, 0.4) is 0 Å². The lowest BCUT2D eigenvalue weighted by Gasteiger charge is -2.58. The van der Waals surface area contributed by atoms with Gasteiger partial charge in [-0.2, -0.15) is 0 Å². The largest absolute Gasteiger partial charge is 0.396 e. The number of carbonyl (C=O) groups is 1. The van der Waals surface area contributed by atoms with Crippen molar-refractivity contribution >= 4 is 22.4 Å². The molecule has 1 saturated carbocycles. The summed E-state index contributed by atoms with van der Waals surface area (Å²) in [5.41, 5.74) is 0.275. The summed E-state index contributed by atoms with van der Waals surface area (Å²) in [7, 11) is 1.86. The van der Waals surface area contributed by atoms with Gasteiger partial charge in [0.15, 0.2) is 5.13 Å². The van der Waals surface area contributed by atoms with Crippen molar-refractivity contribution in [1.29, 1.82) is 0 Å². The summed E-state index contributed by atoms with van der Waals surface area (Å²) in [5, 5.41) is 27.9. The lowest BCUT2D eigenvalue weighted by molar-refractivity contribution is -0.144. The maximum atomic E-state index is 12.7. The van der Waals surface area contributed by atoms with Crippen molar-refractivity contribution in [2.75, 3.05) is 19.0 Å². The number of anilines is 1. The molecule has 0 aromatic carbocycles. The van der Waals surface area contributed by atoms with Crippen LogP contribution in [0.15, 0.2) is 0 Å². The number of hydrogen-bond donors (Lipinski definition) is 4. The number of aliphatic hydroxyl groups is 2. The standard InChI is InChI=1S/C20H33N3O3S/c1-11(2)22-16(26)8-12-17-13(27-18(21-5)23-17)9-14-19(12,3)7-6-15(25)20(14,4)10-24/h11-12,14-15,24-25H,6-10H2,1-5H3,(H,21,23)(H,22,26). The van der Waals surface area contributed by atoms with Gasteiger partial charge in [-0.15, -0.1) is 11.3 Å². The first kappa shape index (κ1) is 20.6. The van der Waals surface area contributed by atoms with Crippen molar-refractivity contribution in [3.63, 3.8) is 0 Å². The normalized spacial score (nSPS) is 35.5. The first-order valence-corrected chi connectivity index (χ1v) is 10.7. The van der Waals surface area contributed by atoms with Gasteiger partial charge in [-0.3, -0.25) is 4.79 Å². The van der Waals surface area contributed by atoms with E-state index in [1.165, 1.54) is 4.88 Å². The average Bonchev–Trinajstić information content (AvgIpc) is 3.02. The zero-order valence-electron chi connectivity index (χ0n) is 17.0. The monoisotopic (exact) mass is 395 g/mol. The van der Waals surface area contributed by atoms with Crippen molar-refractivity contribution in [3.05, 3.63) is 10.6 Å². The van der Waals surface area contributed by atoms with Crippen molar-refractivity contribution in [3.8, 4) is 0 Å². The molecule has 0 saturated heterocycles. The third-order valence-corrected chi connectivity index (χ3v) is 8.06. The van der Waals surface area contributed by atoms with Crippen LogP contribution in [0.1, 0.15) is 63.4 Å². The molecule has 1 aromatic rings. The van der Waals surface area contributed by atoms with Gasteiger partial charge in [0, 0.05) is 35.7 Å². The van der Waals surface area contributed by atoms with Gasteiger partial charge in [-0.1, -0.05) is 13.8 Å². The number of fused-ring (bicyclic) bond motifs is 2. The summed E-state index contributed by atoms with van der Waals surface area (Å²) in [6.45, 7) is 8.11. The van der Waals surface area contributed by atoms with Crippen molar-refractivity contribution in [2.45, 2.75) is 71.4 Å². The molecule has 1 fully saturated rings. The quantitative estimate of drug-likeness (QED) is 0.615. The highest BCUT2D eigenvalue weighted by Gasteiger charge is 2.59. The number of carbonyl (C=O) groups excluding carboxylic acids is 1. The lowest BCUT2D eigenvalue weighted by atomic mass is 9.47. The van der Waals surface area contributed by atoms with E-state index in [9.17, 15) is 15.0 Å². The Balaban J connectivity index is 2.05. The highest BCUT2D eigenvalue weighted by Crippen LogP contribution is 2.62. The second-order valence-corrected chi connectivity index (χ2v) is 10.1. The molecule has 1 aromatic heterocycles. The fraction of sp³-hybridized carbons (Fsp3) is 0.800. The van der Waals surface area contributed by atoms with Crippen LogP contribution in [0.25, 0.3) is 0 Å². The van der Waals surface area contributed by atoms with Gasteiger partial charge in [0.25, 0.3) is 0 Å². The van der Waals surface area contributed by atoms with Crippen LogP contribution < -0.4 is 10.6 Å². The molecule has 6 nitrogen and oxygen atoms in total. The second kappa shape index (κ2) is 7.33. The highest BCUT2D eigenvalue weighted by atomic mass is 32.1. The Labute approximate surface area is 165 Å². The van der Waals surface area contributed by atoms with Crippen LogP contribution in [0.2, 0.25) is 0 Å². The number of nitrogens with zero attached hydrogens (tertiary/aromatic N) is 1. The molecule has 5 unspecified atom stereocenters. The van der Waals surface area contributed by atoms with E-state index in [2.05, 4.69) is 17.6 Å². The smallest absolute Gasteiger partial charge is 0.220 e. The number of aliphatic hydroxyl groups excluding tert-OH is 2. The van der Waals surface area contributed by atoms with Crippen LogP contribution in [-0.2, 0) is 11.2 Å². The number of rotatable bonds is 5. The molecule has 5 atom stereocenters. The first-order chi connectivity index (χ1) is 12.7. The first-order valence-electron chi connectivity index (χ1n) is 9.91. The zero-order chi connectivity index (χ0) is 20.0. The van der Waals surface area contributed by atoms with Crippen molar-refractivity contribution in [2.24, 2.45) is 16.7 Å². The Morgan fingerprint density at radius 2 is 2.11 bits per heavy atom. The second-order valence-electron chi connectivity index (χ2n) is 9.04. The maximum absolute atomic E-state index is 12.7. The molecule has 0 spiro atoms. The van der Waals surface area contributed by atoms with Gasteiger partial charge in [0.2, 0.25) is 5.91 Å². The molecular formula is C20H33N3O3S. The van der Waals surface area contributed by atoms with Gasteiger partial charge >= 0.3 is 0 Å². The number of thiazole rings is 1. The fourth-order valence-electron chi connectivity index (χ4n) is 5.32. The molecule has 3 rings (SSSR count). The maximum Gasteiger partial charge on any atom is 0.220 e. The number of hydrogen-bond acceptors (Lipinski definition) is 6. The summed E-state index contributed by atoms with van der Waals surface area (Å²) in [4.78, 5) is 18.7. The molecule has 7 heteroatoms. The molecule has 27 heavy (non-hydrogen) atoms. The summed E-state index contributed by atoms with van der Waals surface area (Å²) in [5.74, 6) is 0.133. The molecule has 2 aliphatic rings. The Bertz CT molecular complexity index is 707. The van der Waals surface area contributed by atoms with Gasteiger partial charge in [0.1, 0.15) is 0 Å². The van der Waals surface area contributed by atoms with Crippen LogP contribution >= 0.6 is 11.3 Å². The van der Waals surface area contributed by atoms with Crippen LogP contribution in [0, 0.1) is 16.7 Å². The molecule has 4 N–H and O–H groups in total. The van der Waals surface area contributed by atoms with E-state index in [0.717, 1.165) is 23.7 Å². The van der Waals surface area contributed by atoms with Gasteiger partial charge in [-0.05, 0) is 44.4 Å². The van der Waals surface area contributed by atoms with Crippen LogP contribution in [-0.4, -0.2) is 46.9 Å². The van der Waals surface area contributed by atoms with Gasteiger partial charge in [0.05, 0.1) is 18.4 Å². The van der Waals surface area contributed by atoms with Crippen molar-refractivity contribution < 1.29 is 15.0 Å². The van der Waals surface area contributed by atoms with Crippen LogP contribution in [0.4, 0.5) is 5.13 Å². The summed E-state index contributed by atoms with van der Waals surface area (Å²) in [6, 6.07) is 0.100. The molecule has 0 radical (unpaired) electrons. The molecule has 1 amide bonds. The molecule has 0 bridgehead atoms. The van der Waals surface area contributed by atoms with E-state index in [-0.39, 0.29) is 35.8 Å².